The van der Waals surface area contributed by atoms with Gasteiger partial charge in [-0.1, -0.05) is 24.3 Å². The minimum absolute atomic E-state index is 0.0894. The number of fused-ring (bicyclic) bond motifs is 3. The highest BCUT2D eigenvalue weighted by atomic mass is 16.5. The van der Waals surface area contributed by atoms with Crippen molar-refractivity contribution in [3.63, 3.8) is 0 Å². The second-order valence-corrected chi connectivity index (χ2v) is 11.0. The minimum Gasteiger partial charge on any atom is -0.459 e. The first kappa shape index (κ1) is 27.9. The van der Waals surface area contributed by atoms with Gasteiger partial charge >= 0.3 is 5.97 Å². The summed E-state index contributed by atoms with van der Waals surface area (Å²) in [6.07, 6.45) is -0.0925. The third-order valence-corrected chi connectivity index (χ3v) is 8.31. The summed E-state index contributed by atoms with van der Waals surface area (Å²) in [6, 6.07) is 9.27. The van der Waals surface area contributed by atoms with E-state index < -0.39 is 12.2 Å². The molecule has 2 saturated heterocycles. The van der Waals surface area contributed by atoms with Crippen LogP contribution in [-0.2, 0) is 27.2 Å². The largest absolute Gasteiger partial charge is 0.459 e. The molecular weight excluding hydrogens is 500 g/mol. The lowest BCUT2D eigenvalue weighted by Gasteiger charge is -2.50. The van der Waals surface area contributed by atoms with Crippen molar-refractivity contribution in [2.75, 3.05) is 46.5 Å². The summed E-state index contributed by atoms with van der Waals surface area (Å²) in [7, 11) is 1.59. The van der Waals surface area contributed by atoms with E-state index in [0.29, 0.717) is 63.5 Å². The number of aliphatic hydroxyl groups excluding tert-OH is 2. The highest BCUT2D eigenvalue weighted by molar-refractivity contribution is 5.92. The van der Waals surface area contributed by atoms with Crippen LogP contribution in [0.4, 0.5) is 0 Å². The molecule has 9 heteroatoms. The molecule has 5 rings (SSSR count). The molecule has 9 nitrogen and oxygen atoms in total. The van der Waals surface area contributed by atoms with Crippen LogP contribution in [0.3, 0.4) is 0 Å². The summed E-state index contributed by atoms with van der Waals surface area (Å²) >= 11 is 0. The zero-order valence-electron chi connectivity index (χ0n) is 22.8. The number of aliphatic hydroxyl groups is 2. The number of β-amino-alcohol motifs (C(OH)–C–C–N with tert-alkyl or cyclic N) is 1. The van der Waals surface area contributed by atoms with Gasteiger partial charge in [-0.25, -0.2) is 4.79 Å². The smallest absolute Gasteiger partial charge is 0.338 e. The van der Waals surface area contributed by atoms with Gasteiger partial charge < -0.3 is 24.4 Å². The topological polar surface area (TPSA) is 109 Å². The summed E-state index contributed by atoms with van der Waals surface area (Å²) in [5.41, 5.74) is 5.37. The Morgan fingerprint density at radius 2 is 1.85 bits per heavy atom. The van der Waals surface area contributed by atoms with Gasteiger partial charge in [-0.2, -0.15) is 0 Å². The molecule has 0 amide bonds. The minimum atomic E-state index is -0.717. The van der Waals surface area contributed by atoms with Crippen LogP contribution in [0.1, 0.15) is 67.7 Å². The second kappa shape index (κ2) is 11.8. The number of aldehydes is 1. The van der Waals surface area contributed by atoms with Crippen molar-refractivity contribution in [3.8, 4) is 0 Å². The van der Waals surface area contributed by atoms with E-state index >= 15 is 0 Å². The van der Waals surface area contributed by atoms with Gasteiger partial charge in [0.05, 0.1) is 37.6 Å². The first-order valence-electron chi connectivity index (χ1n) is 13.6. The van der Waals surface area contributed by atoms with Gasteiger partial charge in [0, 0.05) is 57.4 Å². The van der Waals surface area contributed by atoms with Crippen molar-refractivity contribution in [1.82, 2.24) is 9.80 Å². The number of ether oxygens (including phenoxy) is 3. The average Bonchev–Trinajstić information content (AvgIpc) is 2.89. The number of piperazine rings is 1. The van der Waals surface area contributed by atoms with Gasteiger partial charge in [0.1, 0.15) is 12.4 Å². The van der Waals surface area contributed by atoms with Crippen LogP contribution in [0.25, 0.3) is 0 Å². The van der Waals surface area contributed by atoms with E-state index in [2.05, 4.69) is 9.80 Å². The lowest BCUT2D eigenvalue weighted by molar-refractivity contribution is -0.113. The van der Waals surface area contributed by atoms with Gasteiger partial charge in [0.25, 0.3) is 0 Å². The maximum absolute atomic E-state index is 12.1. The maximum atomic E-state index is 12.1. The number of morpholine rings is 1. The van der Waals surface area contributed by atoms with Crippen LogP contribution in [0.2, 0.25) is 0 Å². The predicted molar refractivity (Wildman–Crippen MR) is 144 cm³/mol. The lowest BCUT2D eigenvalue weighted by Crippen LogP contribution is -2.65. The fraction of sp³-hybridized carbons (Fsp3) is 0.533. The van der Waals surface area contributed by atoms with Gasteiger partial charge in [-0.15, -0.1) is 0 Å². The van der Waals surface area contributed by atoms with Crippen LogP contribution < -0.4 is 0 Å². The molecule has 2 aromatic rings. The van der Waals surface area contributed by atoms with Crippen molar-refractivity contribution in [1.29, 1.82) is 0 Å². The number of carbonyl (C=O) groups excluding carboxylic acids is 2. The van der Waals surface area contributed by atoms with E-state index in [0.717, 1.165) is 34.1 Å². The molecule has 3 aliphatic rings. The third kappa shape index (κ3) is 5.79. The van der Waals surface area contributed by atoms with Crippen molar-refractivity contribution in [2.45, 2.75) is 57.3 Å². The van der Waals surface area contributed by atoms with Crippen LogP contribution in [0, 0.1) is 6.92 Å². The summed E-state index contributed by atoms with van der Waals surface area (Å²) in [6.45, 7) is 7.61. The molecule has 2 fully saturated rings. The summed E-state index contributed by atoms with van der Waals surface area (Å²) in [5, 5.41) is 22.4. The van der Waals surface area contributed by atoms with Crippen LogP contribution in [0.5, 0.6) is 0 Å². The van der Waals surface area contributed by atoms with Crippen molar-refractivity contribution < 1.29 is 34.0 Å². The van der Waals surface area contributed by atoms with Gasteiger partial charge in [0.2, 0.25) is 0 Å². The molecule has 210 valence electrons. The molecule has 2 aromatic carbocycles. The van der Waals surface area contributed by atoms with Crippen LogP contribution in [0.15, 0.2) is 30.3 Å². The Labute approximate surface area is 229 Å². The fourth-order valence-electron chi connectivity index (χ4n) is 6.30. The Morgan fingerprint density at radius 1 is 1.10 bits per heavy atom. The number of nitrogens with zero attached hydrogens (tertiary/aromatic N) is 2. The molecular formula is C30H38N2O7. The molecule has 0 saturated carbocycles. The zero-order chi connectivity index (χ0) is 27.7. The normalized spacial score (nSPS) is 25.1. The fourth-order valence-corrected chi connectivity index (χ4v) is 6.30. The van der Waals surface area contributed by atoms with Gasteiger partial charge in [-0.3, -0.25) is 14.6 Å². The molecule has 5 atom stereocenters. The Balaban J connectivity index is 1.25. The lowest BCUT2D eigenvalue weighted by atomic mass is 9.93. The number of rotatable bonds is 9. The summed E-state index contributed by atoms with van der Waals surface area (Å²) < 4.78 is 16.5. The molecule has 0 spiro atoms. The Kier molecular flexibility index (Phi) is 8.46. The van der Waals surface area contributed by atoms with Crippen LogP contribution >= 0.6 is 0 Å². The number of carbonyl (C=O) groups is 2. The highest BCUT2D eigenvalue weighted by Crippen LogP contribution is 2.30. The monoisotopic (exact) mass is 538 g/mol. The van der Waals surface area contributed by atoms with Crippen molar-refractivity contribution >= 4 is 12.3 Å². The molecule has 3 heterocycles. The number of benzene rings is 2. The molecule has 39 heavy (non-hydrogen) atoms. The Hall–Kier alpha value is -2.66. The molecule has 2 N–H and O–H groups in total. The summed E-state index contributed by atoms with van der Waals surface area (Å²) in [4.78, 5) is 28.2. The summed E-state index contributed by atoms with van der Waals surface area (Å²) in [5.74, 6) is -0.305. The second-order valence-electron chi connectivity index (χ2n) is 11.0. The van der Waals surface area contributed by atoms with Crippen LogP contribution in [-0.4, -0.2) is 97.0 Å². The molecule has 0 aromatic heterocycles. The molecule has 4 unspecified atom stereocenters. The van der Waals surface area contributed by atoms with E-state index in [9.17, 15) is 19.8 Å². The average molecular weight is 539 g/mol. The SMILES string of the molecule is COCc1c(C=O)ccc(C(O)CN2C3COCC2CN(CC(O)c2ccc4c(c2)C[C@H](C)OC4=O)C3)c1C. The predicted octanol–water partition coefficient (Wildman–Crippen LogP) is 2.21. The van der Waals surface area contributed by atoms with Gasteiger partial charge in [0.15, 0.2) is 0 Å². The number of hydrogen-bond donors (Lipinski definition) is 2. The van der Waals surface area contributed by atoms with E-state index in [1.54, 1.807) is 19.2 Å². The maximum Gasteiger partial charge on any atom is 0.338 e. The third-order valence-electron chi connectivity index (χ3n) is 8.31. The molecule has 0 aliphatic carbocycles. The molecule has 3 aliphatic heterocycles. The Morgan fingerprint density at radius 3 is 2.54 bits per heavy atom. The van der Waals surface area contributed by atoms with E-state index in [-0.39, 0.29) is 24.2 Å². The van der Waals surface area contributed by atoms with E-state index in [4.69, 9.17) is 14.2 Å². The number of methoxy groups -OCH3 is 1. The van der Waals surface area contributed by atoms with Crippen molar-refractivity contribution in [3.05, 3.63) is 69.3 Å². The standard InChI is InChI=1S/C30H38N2O7/c1-18-8-22-9-20(4-7-26(22)30(36)39-18)28(34)12-31-10-23-15-38-16-24(11-31)32(23)13-29(35)25-6-5-21(14-33)27(17-37-3)19(25)2/h4-7,9,14,18,23-24,28-29,34-35H,8,10-13,15-17H2,1-3H3/t18-,23?,24?,28?,29?/m0/s1. The quantitative estimate of drug-likeness (QED) is 0.367. The van der Waals surface area contributed by atoms with E-state index in [1.807, 2.05) is 32.0 Å². The highest BCUT2D eigenvalue weighted by Gasteiger charge is 2.39. The van der Waals surface area contributed by atoms with Crippen molar-refractivity contribution in [2.24, 2.45) is 0 Å². The Bertz CT molecular complexity index is 1200. The van der Waals surface area contributed by atoms with Gasteiger partial charge in [-0.05, 0) is 47.7 Å². The zero-order valence-corrected chi connectivity index (χ0v) is 22.8. The first-order valence-corrected chi connectivity index (χ1v) is 13.6. The molecule has 2 bridgehead atoms. The molecule has 0 radical (unpaired) electrons. The van der Waals surface area contributed by atoms with E-state index in [1.165, 1.54) is 0 Å². The number of esters is 1. The number of cyclic esters (lactones) is 1. The first-order chi connectivity index (χ1) is 18.8. The number of hydrogen-bond acceptors (Lipinski definition) is 9.